The van der Waals surface area contributed by atoms with Crippen molar-refractivity contribution in [3.8, 4) is 0 Å². The summed E-state index contributed by atoms with van der Waals surface area (Å²) in [6.07, 6.45) is 1.84. The van der Waals surface area contributed by atoms with Gasteiger partial charge in [-0.15, -0.1) is 0 Å². The lowest BCUT2D eigenvalue weighted by atomic mass is 10.2. The molecule has 1 aliphatic rings. The van der Waals surface area contributed by atoms with Crippen molar-refractivity contribution < 1.29 is 19.4 Å². The third kappa shape index (κ3) is 4.62. The number of carbonyl (C=O) groups excluding carboxylic acids is 1. The Balaban J connectivity index is 2.49. The molecule has 1 N–H and O–H groups in total. The van der Waals surface area contributed by atoms with E-state index in [1.807, 2.05) is 4.90 Å². The summed E-state index contributed by atoms with van der Waals surface area (Å²) in [5.41, 5.74) is 0. The van der Waals surface area contributed by atoms with E-state index in [-0.39, 0.29) is 18.6 Å². The van der Waals surface area contributed by atoms with Gasteiger partial charge in [0.2, 0.25) is 5.91 Å². The number of carboxylic acid groups (broad SMARTS) is 1. The molecule has 1 rings (SSSR count). The summed E-state index contributed by atoms with van der Waals surface area (Å²) in [5, 5.41) is 8.46. The lowest BCUT2D eigenvalue weighted by Gasteiger charge is -2.30. The molecule has 1 saturated heterocycles. The first-order chi connectivity index (χ1) is 8.54. The zero-order valence-corrected chi connectivity index (χ0v) is 11.1. The van der Waals surface area contributed by atoms with Gasteiger partial charge in [-0.25, -0.2) is 4.79 Å². The van der Waals surface area contributed by atoms with Crippen LogP contribution in [0.25, 0.3) is 0 Å². The average Bonchev–Trinajstić information content (AvgIpc) is 2.49. The fourth-order valence-corrected chi connectivity index (χ4v) is 2.23. The summed E-state index contributed by atoms with van der Waals surface area (Å²) in [5.74, 6) is -1.16. The molecule has 0 aromatic heterocycles. The van der Waals surface area contributed by atoms with Gasteiger partial charge in [0.15, 0.2) is 0 Å². The number of aliphatic carboxylic acids is 1. The Hall–Kier alpha value is -1.14. The molecule has 1 fully saturated rings. The smallest absolute Gasteiger partial charge is 0.329 e. The number of ether oxygens (including phenoxy) is 1. The summed E-state index contributed by atoms with van der Waals surface area (Å²) >= 11 is 0. The SMILES string of the molecule is CCC1CN(C)CCCN1C(=O)COCC(=O)O. The van der Waals surface area contributed by atoms with Crippen LogP contribution in [-0.4, -0.2) is 72.7 Å². The molecule has 1 unspecified atom stereocenters. The van der Waals surface area contributed by atoms with E-state index < -0.39 is 12.6 Å². The zero-order chi connectivity index (χ0) is 13.5. The molecule has 1 heterocycles. The Morgan fingerprint density at radius 1 is 1.33 bits per heavy atom. The van der Waals surface area contributed by atoms with Crippen molar-refractivity contribution >= 4 is 11.9 Å². The van der Waals surface area contributed by atoms with Gasteiger partial charge in [0.25, 0.3) is 0 Å². The maximum absolute atomic E-state index is 12.0. The highest BCUT2D eigenvalue weighted by atomic mass is 16.5. The summed E-state index contributed by atoms with van der Waals surface area (Å²) in [7, 11) is 2.05. The first kappa shape index (κ1) is 14.9. The molecule has 104 valence electrons. The molecule has 1 amide bonds. The van der Waals surface area contributed by atoms with E-state index in [0.29, 0.717) is 0 Å². The lowest BCUT2D eigenvalue weighted by Crippen LogP contribution is -2.45. The number of rotatable bonds is 5. The van der Waals surface area contributed by atoms with Crippen LogP contribution in [0.1, 0.15) is 19.8 Å². The van der Waals surface area contributed by atoms with Crippen LogP contribution in [0.3, 0.4) is 0 Å². The Morgan fingerprint density at radius 2 is 2.06 bits per heavy atom. The molecule has 0 aromatic carbocycles. The monoisotopic (exact) mass is 258 g/mol. The topological polar surface area (TPSA) is 70.1 Å². The molecule has 0 aliphatic carbocycles. The first-order valence-corrected chi connectivity index (χ1v) is 6.32. The third-order valence-corrected chi connectivity index (χ3v) is 3.14. The summed E-state index contributed by atoms with van der Waals surface area (Å²) < 4.78 is 4.87. The second-order valence-corrected chi connectivity index (χ2v) is 4.65. The Kier molecular flexibility index (Phi) is 6.07. The van der Waals surface area contributed by atoms with Crippen molar-refractivity contribution in [1.29, 1.82) is 0 Å². The minimum absolute atomic E-state index is 0.113. The van der Waals surface area contributed by atoms with E-state index in [0.717, 1.165) is 32.5 Å². The molecular weight excluding hydrogens is 236 g/mol. The standard InChI is InChI=1S/C12H22N2O4/c1-3-10-7-13(2)5-4-6-14(10)11(15)8-18-9-12(16)17/h10H,3-9H2,1-2H3,(H,16,17). The van der Waals surface area contributed by atoms with E-state index in [9.17, 15) is 9.59 Å². The van der Waals surface area contributed by atoms with E-state index in [1.54, 1.807) is 0 Å². The van der Waals surface area contributed by atoms with E-state index in [2.05, 4.69) is 18.9 Å². The molecule has 0 bridgehead atoms. The van der Waals surface area contributed by atoms with E-state index >= 15 is 0 Å². The minimum Gasteiger partial charge on any atom is -0.480 e. The van der Waals surface area contributed by atoms with Crippen molar-refractivity contribution in [2.24, 2.45) is 0 Å². The highest BCUT2D eigenvalue weighted by molar-refractivity contribution is 5.78. The second kappa shape index (κ2) is 7.33. The van der Waals surface area contributed by atoms with Crippen LogP contribution in [0.5, 0.6) is 0 Å². The second-order valence-electron chi connectivity index (χ2n) is 4.65. The maximum Gasteiger partial charge on any atom is 0.329 e. The first-order valence-electron chi connectivity index (χ1n) is 6.32. The average molecular weight is 258 g/mol. The minimum atomic E-state index is -1.05. The molecule has 0 radical (unpaired) electrons. The Bertz CT molecular complexity index is 296. The van der Waals surface area contributed by atoms with Crippen molar-refractivity contribution in [2.75, 3.05) is 39.9 Å². The van der Waals surface area contributed by atoms with Gasteiger partial charge >= 0.3 is 5.97 Å². The molecule has 18 heavy (non-hydrogen) atoms. The fraction of sp³-hybridized carbons (Fsp3) is 0.833. The number of nitrogens with zero attached hydrogens (tertiary/aromatic N) is 2. The van der Waals surface area contributed by atoms with E-state index in [1.165, 1.54) is 0 Å². The van der Waals surface area contributed by atoms with Crippen LogP contribution in [0.2, 0.25) is 0 Å². The molecule has 0 saturated carbocycles. The van der Waals surface area contributed by atoms with Gasteiger partial charge in [-0.1, -0.05) is 6.92 Å². The lowest BCUT2D eigenvalue weighted by molar-refractivity contribution is -0.146. The number of hydrogen-bond acceptors (Lipinski definition) is 4. The summed E-state index contributed by atoms with van der Waals surface area (Å²) in [6.45, 7) is 4.06. The van der Waals surface area contributed by atoms with Crippen LogP contribution >= 0.6 is 0 Å². The Morgan fingerprint density at radius 3 is 2.67 bits per heavy atom. The number of hydrogen-bond donors (Lipinski definition) is 1. The number of carboxylic acids is 1. The van der Waals surface area contributed by atoms with Gasteiger partial charge in [-0.05, 0) is 26.4 Å². The molecule has 6 nitrogen and oxygen atoms in total. The van der Waals surface area contributed by atoms with Gasteiger partial charge in [0.1, 0.15) is 13.2 Å². The normalized spacial score (nSPS) is 21.7. The van der Waals surface area contributed by atoms with Gasteiger partial charge < -0.3 is 19.6 Å². The van der Waals surface area contributed by atoms with Gasteiger partial charge in [0.05, 0.1) is 0 Å². The largest absolute Gasteiger partial charge is 0.480 e. The van der Waals surface area contributed by atoms with Crippen LogP contribution < -0.4 is 0 Å². The summed E-state index contributed by atoms with van der Waals surface area (Å²) in [4.78, 5) is 26.4. The summed E-state index contributed by atoms with van der Waals surface area (Å²) in [6, 6.07) is 0.193. The van der Waals surface area contributed by atoms with Crippen molar-refractivity contribution in [1.82, 2.24) is 9.80 Å². The third-order valence-electron chi connectivity index (χ3n) is 3.14. The van der Waals surface area contributed by atoms with Crippen LogP contribution in [-0.2, 0) is 14.3 Å². The Labute approximate surface area is 107 Å². The van der Waals surface area contributed by atoms with Gasteiger partial charge in [-0.2, -0.15) is 0 Å². The van der Waals surface area contributed by atoms with E-state index in [4.69, 9.17) is 9.84 Å². The predicted molar refractivity (Wildman–Crippen MR) is 66.4 cm³/mol. The predicted octanol–water partition coefficient (Wildman–Crippen LogP) is 0.0303. The van der Waals surface area contributed by atoms with Crippen molar-refractivity contribution in [2.45, 2.75) is 25.8 Å². The highest BCUT2D eigenvalue weighted by Crippen LogP contribution is 2.12. The molecular formula is C12H22N2O4. The maximum atomic E-state index is 12.0. The highest BCUT2D eigenvalue weighted by Gasteiger charge is 2.25. The molecule has 0 spiro atoms. The van der Waals surface area contributed by atoms with Crippen molar-refractivity contribution in [3.63, 3.8) is 0 Å². The zero-order valence-electron chi connectivity index (χ0n) is 11.1. The molecule has 0 aromatic rings. The van der Waals surface area contributed by atoms with Crippen molar-refractivity contribution in [3.05, 3.63) is 0 Å². The van der Waals surface area contributed by atoms with Crippen LogP contribution in [0.15, 0.2) is 0 Å². The quantitative estimate of drug-likeness (QED) is 0.753. The van der Waals surface area contributed by atoms with Crippen LogP contribution in [0.4, 0.5) is 0 Å². The number of likely N-dealkylation sites (N-methyl/N-ethyl adjacent to an activating group) is 1. The number of amides is 1. The number of carbonyl (C=O) groups is 2. The van der Waals surface area contributed by atoms with Crippen LogP contribution in [0, 0.1) is 0 Å². The fourth-order valence-electron chi connectivity index (χ4n) is 2.23. The molecule has 1 aliphatic heterocycles. The molecule has 6 heteroatoms. The van der Waals surface area contributed by atoms with Gasteiger partial charge in [0, 0.05) is 19.1 Å². The molecule has 1 atom stereocenters. The van der Waals surface area contributed by atoms with Gasteiger partial charge in [-0.3, -0.25) is 4.79 Å².